The Hall–Kier alpha value is -2.72. The minimum atomic E-state index is -0.947. The van der Waals surface area contributed by atoms with E-state index in [4.69, 9.17) is 16.3 Å². The summed E-state index contributed by atoms with van der Waals surface area (Å²) in [7, 11) is 0. The molecule has 4 rings (SSSR count). The number of halogens is 1. The van der Waals surface area contributed by atoms with Gasteiger partial charge in [0.2, 0.25) is 0 Å². The first-order chi connectivity index (χ1) is 14.5. The van der Waals surface area contributed by atoms with Crippen LogP contribution in [0.15, 0.2) is 54.6 Å². The zero-order valence-electron chi connectivity index (χ0n) is 17.1. The normalized spacial score (nSPS) is 14.6. The predicted octanol–water partition coefficient (Wildman–Crippen LogP) is 6.76. The molecule has 0 unspecified atom stereocenters. The van der Waals surface area contributed by atoms with Crippen LogP contribution in [0.2, 0.25) is 5.02 Å². The fourth-order valence-corrected chi connectivity index (χ4v) is 4.55. The van der Waals surface area contributed by atoms with Crippen molar-refractivity contribution in [3.05, 3.63) is 70.9 Å². The molecule has 1 fully saturated rings. The molecule has 1 aliphatic carbocycles. The summed E-state index contributed by atoms with van der Waals surface area (Å²) in [5, 5.41) is 10.0. The van der Waals surface area contributed by atoms with Crippen LogP contribution in [0.5, 0.6) is 5.75 Å². The first-order valence-electron chi connectivity index (χ1n) is 10.5. The van der Waals surface area contributed by atoms with Crippen molar-refractivity contribution in [3.63, 3.8) is 0 Å². The van der Waals surface area contributed by atoms with Crippen molar-refractivity contribution in [2.24, 2.45) is 5.92 Å². The van der Waals surface area contributed by atoms with Crippen molar-refractivity contribution in [1.82, 2.24) is 4.57 Å². The Bertz CT molecular complexity index is 1050. The fourth-order valence-electron chi connectivity index (χ4n) is 4.29. The van der Waals surface area contributed by atoms with E-state index in [0.29, 0.717) is 17.5 Å². The number of benzene rings is 2. The van der Waals surface area contributed by atoms with Crippen LogP contribution < -0.4 is 4.74 Å². The van der Waals surface area contributed by atoms with Gasteiger partial charge in [0.25, 0.3) is 0 Å². The number of aromatic nitrogens is 1. The Morgan fingerprint density at radius 2 is 1.87 bits per heavy atom. The average molecular weight is 424 g/mol. The summed E-state index contributed by atoms with van der Waals surface area (Å²) in [6.45, 7) is 2.69. The maximum Gasteiger partial charge on any atom is 0.335 e. The van der Waals surface area contributed by atoms with E-state index in [1.807, 2.05) is 47.9 Å². The van der Waals surface area contributed by atoms with Crippen LogP contribution in [0.4, 0.5) is 0 Å². The molecule has 1 heterocycles. The van der Waals surface area contributed by atoms with E-state index >= 15 is 0 Å². The lowest BCUT2D eigenvalue weighted by Crippen LogP contribution is -2.15. The highest BCUT2D eigenvalue weighted by Crippen LogP contribution is 2.39. The number of carboxylic acid groups (broad SMARTS) is 1. The smallest absolute Gasteiger partial charge is 0.335 e. The maximum atomic E-state index is 11.5. The van der Waals surface area contributed by atoms with E-state index in [2.05, 4.69) is 0 Å². The van der Waals surface area contributed by atoms with Crippen LogP contribution in [0.25, 0.3) is 16.9 Å². The number of carboxylic acids is 1. The molecule has 0 saturated heterocycles. The van der Waals surface area contributed by atoms with Gasteiger partial charge in [-0.2, -0.15) is 0 Å². The molecule has 5 heteroatoms. The number of carbonyl (C=O) groups is 1. The molecule has 156 valence electrons. The van der Waals surface area contributed by atoms with Crippen molar-refractivity contribution in [1.29, 1.82) is 0 Å². The zero-order chi connectivity index (χ0) is 21.1. The number of rotatable bonds is 6. The number of hydrogen-bond donors (Lipinski definition) is 1. The van der Waals surface area contributed by atoms with Gasteiger partial charge in [-0.05, 0) is 68.1 Å². The Morgan fingerprint density at radius 1 is 1.10 bits per heavy atom. The minimum absolute atomic E-state index is 0.250. The monoisotopic (exact) mass is 423 g/mol. The number of hydrogen-bond acceptors (Lipinski definition) is 2. The second-order valence-electron chi connectivity index (χ2n) is 7.98. The first kappa shape index (κ1) is 20.5. The highest BCUT2D eigenvalue weighted by molar-refractivity contribution is 6.33. The van der Waals surface area contributed by atoms with Crippen LogP contribution in [-0.2, 0) is 0 Å². The van der Waals surface area contributed by atoms with Gasteiger partial charge in [0.05, 0.1) is 28.5 Å². The van der Waals surface area contributed by atoms with Crippen LogP contribution in [-0.4, -0.2) is 22.2 Å². The standard InChI is InChI=1S/C25H26ClNO3/c1-17-13-14-22(27(17)20-10-5-9-19(15-20)25(28)29)24-21(26)11-6-12-23(24)30-16-18-7-3-2-4-8-18/h5-6,9-15,18H,2-4,7-8,16H2,1H3,(H,28,29). The van der Waals surface area contributed by atoms with E-state index in [1.165, 1.54) is 32.1 Å². The molecule has 0 bridgehead atoms. The molecule has 1 saturated carbocycles. The number of aryl methyl sites for hydroxylation is 1. The lowest BCUT2D eigenvalue weighted by Gasteiger charge is -2.23. The third-order valence-electron chi connectivity index (χ3n) is 5.86. The molecule has 0 aliphatic heterocycles. The summed E-state index contributed by atoms with van der Waals surface area (Å²) in [4.78, 5) is 11.5. The molecular formula is C25H26ClNO3. The molecule has 3 aromatic rings. The Balaban J connectivity index is 1.73. The lowest BCUT2D eigenvalue weighted by molar-refractivity contribution is 0.0697. The summed E-state index contributed by atoms with van der Waals surface area (Å²) >= 11 is 6.65. The van der Waals surface area contributed by atoms with Crippen molar-refractivity contribution in [2.45, 2.75) is 39.0 Å². The molecule has 0 radical (unpaired) electrons. The van der Waals surface area contributed by atoms with E-state index in [1.54, 1.807) is 18.2 Å². The topological polar surface area (TPSA) is 51.5 Å². The van der Waals surface area contributed by atoms with Crippen molar-refractivity contribution in [2.75, 3.05) is 6.61 Å². The van der Waals surface area contributed by atoms with Gasteiger partial charge >= 0.3 is 5.97 Å². The summed E-state index contributed by atoms with van der Waals surface area (Å²) in [5.41, 5.74) is 3.75. The molecule has 0 atom stereocenters. The molecule has 1 N–H and O–H groups in total. The summed E-state index contributed by atoms with van der Waals surface area (Å²) in [5.74, 6) is 0.408. The van der Waals surface area contributed by atoms with Gasteiger partial charge in [0.1, 0.15) is 5.75 Å². The Labute approximate surface area is 182 Å². The lowest BCUT2D eigenvalue weighted by atomic mass is 9.90. The number of aromatic carboxylic acids is 1. The van der Waals surface area contributed by atoms with Gasteiger partial charge in [-0.3, -0.25) is 0 Å². The molecule has 0 amide bonds. The van der Waals surface area contributed by atoms with Gasteiger partial charge in [-0.1, -0.05) is 43.0 Å². The van der Waals surface area contributed by atoms with E-state index in [-0.39, 0.29) is 5.56 Å². The molecule has 4 nitrogen and oxygen atoms in total. The van der Waals surface area contributed by atoms with E-state index in [0.717, 1.165) is 28.4 Å². The maximum absolute atomic E-state index is 11.5. The Morgan fingerprint density at radius 3 is 2.63 bits per heavy atom. The SMILES string of the molecule is Cc1ccc(-c2c(Cl)cccc2OCC2CCCCC2)n1-c1cccc(C(=O)O)c1. The molecule has 30 heavy (non-hydrogen) atoms. The largest absolute Gasteiger partial charge is 0.493 e. The van der Waals surface area contributed by atoms with Crippen LogP contribution in [0.3, 0.4) is 0 Å². The van der Waals surface area contributed by atoms with Crippen LogP contribution in [0.1, 0.15) is 48.2 Å². The molecule has 2 aromatic carbocycles. The number of ether oxygens (including phenoxy) is 1. The summed E-state index contributed by atoms with van der Waals surface area (Å²) in [6.07, 6.45) is 6.30. The Kier molecular flexibility index (Phi) is 6.14. The summed E-state index contributed by atoms with van der Waals surface area (Å²) in [6, 6.07) is 16.7. The molecular weight excluding hydrogens is 398 g/mol. The van der Waals surface area contributed by atoms with Gasteiger partial charge in [-0.25, -0.2) is 4.79 Å². The number of nitrogens with zero attached hydrogens (tertiary/aromatic N) is 1. The highest BCUT2D eigenvalue weighted by atomic mass is 35.5. The van der Waals surface area contributed by atoms with Gasteiger partial charge in [0, 0.05) is 11.4 Å². The van der Waals surface area contributed by atoms with Crippen molar-refractivity contribution < 1.29 is 14.6 Å². The molecule has 1 aromatic heterocycles. The zero-order valence-corrected chi connectivity index (χ0v) is 17.9. The molecule has 1 aliphatic rings. The van der Waals surface area contributed by atoms with Crippen LogP contribution >= 0.6 is 11.6 Å². The van der Waals surface area contributed by atoms with Gasteiger partial charge < -0.3 is 14.4 Å². The predicted molar refractivity (Wildman–Crippen MR) is 120 cm³/mol. The summed E-state index contributed by atoms with van der Waals surface area (Å²) < 4.78 is 8.31. The van der Waals surface area contributed by atoms with Gasteiger partial charge in [0.15, 0.2) is 0 Å². The van der Waals surface area contributed by atoms with Crippen molar-refractivity contribution in [3.8, 4) is 22.7 Å². The second kappa shape index (κ2) is 8.97. The molecule has 0 spiro atoms. The quantitative estimate of drug-likeness (QED) is 0.476. The van der Waals surface area contributed by atoms with E-state index in [9.17, 15) is 9.90 Å². The third kappa shape index (κ3) is 4.24. The minimum Gasteiger partial charge on any atom is -0.493 e. The second-order valence-corrected chi connectivity index (χ2v) is 8.39. The highest BCUT2D eigenvalue weighted by Gasteiger charge is 2.20. The average Bonchev–Trinajstić information content (AvgIpc) is 3.14. The third-order valence-corrected chi connectivity index (χ3v) is 6.17. The van der Waals surface area contributed by atoms with Crippen LogP contribution in [0, 0.1) is 12.8 Å². The van der Waals surface area contributed by atoms with Gasteiger partial charge in [-0.15, -0.1) is 0 Å². The van der Waals surface area contributed by atoms with E-state index < -0.39 is 5.97 Å². The first-order valence-corrected chi connectivity index (χ1v) is 10.9. The fraction of sp³-hybridized carbons (Fsp3) is 0.320. The van der Waals surface area contributed by atoms with Crippen molar-refractivity contribution >= 4 is 17.6 Å².